The zero-order chi connectivity index (χ0) is 12.3. The van der Waals surface area contributed by atoms with E-state index in [-0.39, 0.29) is 0 Å². The first-order valence-corrected chi connectivity index (χ1v) is 5.45. The topological polar surface area (TPSA) is 77.0 Å². The van der Waals surface area contributed by atoms with Crippen LogP contribution in [0.3, 0.4) is 0 Å². The van der Waals surface area contributed by atoms with Crippen LogP contribution in [-0.2, 0) is 6.54 Å². The van der Waals surface area contributed by atoms with E-state index in [0.717, 1.165) is 23.5 Å². The Kier molecular flexibility index (Phi) is 3.14. The van der Waals surface area contributed by atoms with Gasteiger partial charge in [0, 0.05) is 24.1 Å². The maximum absolute atomic E-state index is 5.73. The minimum Gasteiger partial charge on any atom is -0.397 e. The molecule has 0 atom stereocenters. The number of rotatable bonds is 3. The largest absolute Gasteiger partial charge is 0.397 e. The number of hydrogen-bond donors (Lipinski definition) is 3. The van der Waals surface area contributed by atoms with Gasteiger partial charge in [0.2, 0.25) is 0 Å². The lowest BCUT2D eigenvalue weighted by Gasteiger charge is -2.08. The van der Waals surface area contributed by atoms with Crippen molar-refractivity contribution >= 4 is 17.1 Å². The van der Waals surface area contributed by atoms with Crippen molar-refractivity contribution < 1.29 is 0 Å². The molecule has 2 rings (SSSR count). The average molecular weight is 228 g/mol. The number of anilines is 3. The molecule has 0 radical (unpaired) electrons. The van der Waals surface area contributed by atoms with Gasteiger partial charge in [0.15, 0.2) is 0 Å². The molecule has 88 valence electrons. The molecule has 0 bridgehead atoms. The number of aromatic nitrogens is 1. The third-order valence-electron chi connectivity index (χ3n) is 2.56. The minimum atomic E-state index is 0.594. The van der Waals surface area contributed by atoms with Gasteiger partial charge in [-0.15, -0.1) is 0 Å². The van der Waals surface area contributed by atoms with Crippen LogP contribution in [0.15, 0.2) is 36.5 Å². The molecule has 4 heteroatoms. The lowest BCUT2D eigenvalue weighted by atomic mass is 10.2. The minimum absolute atomic E-state index is 0.594. The Morgan fingerprint density at radius 3 is 2.59 bits per heavy atom. The molecule has 0 fully saturated rings. The van der Waals surface area contributed by atoms with Gasteiger partial charge in [-0.05, 0) is 36.8 Å². The molecule has 5 N–H and O–H groups in total. The number of pyridine rings is 1. The second-order valence-electron chi connectivity index (χ2n) is 4.01. The van der Waals surface area contributed by atoms with Crippen LogP contribution in [0.4, 0.5) is 17.1 Å². The van der Waals surface area contributed by atoms with Crippen molar-refractivity contribution in [3.8, 4) is 0 Å². The van der Waals surface area contributed by atoms with Gasteiger partial charge in [-0.2, -0.15) is 0 Å². The van der Waals surface area contributed by atoms with Crippen LogP contribution in [0.5, 0.6) is 0 Å². The van der Waals surface area contributed by atoms with Crippen LogP contribution >= 0.6 is 0 Å². The van der Waals surface area contributed by atoms with E-state index in [2.05, 4.69) is 16.4 Å². The molecule has 1 aromatic heterocycles. The maximum Gasteiger partial charge on any atom is 0.0568 e. The molecule has 0 saturated carbocycles. The number of nitrogens with one attached hydrogen (secondary N) is 1. The van der Waals surface area contributed by atoms with Gasteiger partial charge < -0.3 is 16.8 Å². The average Bonchev–Trinajstić information content (AvgIpc) is 2.33. The molecular formula is C13H16N4. The zero-order valence-electron chi connectivity index (χ0n) is 9.77. The Morgan fingerprint density at radius 1 is 1.12 bits per heavy atom. The first-order valence-electron chi connectivity index (χ1n) is 5.45. The molecule has 0 aliphatic heterocycles. The van der Waals surface area contributed by atoms with Gasteiger partial charge in [-0.1, -0.05) is 6.07 Å². The number of benzene rings is 1. The van der Waals surface area contributed by atoms with Crippen LogP contribution in [0.2, 0.25) is 0 Å². The number of nitrogen functional groups attached to an aromatic ring is 2. The number of hydrogen-bond acceptors (Lipinski definition) is 4. The van der Waals surface area contributed by atoms with Crippen LogP contribution in [0.1, 0.15) is 11.3 Å². The highest BCUT2D eigenvalue weighted by molar-refractivity contribution is 5.69. The van der Waals surface area contributed by atoms with Crippen LogP contribution in [-0.4, -0.2) is 4.98 Å². The molecule has 0 amide bonds. The molecule has 0 unspecified atom stereocenters. The summed E-state index contributed by atoms with van der Waals surface area (Å²) >= 11 is 0. The summed E-state index contributed by atoms with van der Waals surface area (Å²) in [6.45, 7) is 2.69. The number of aryl methyl sites for hydroxylation is 1. The fourth-order valence-corrected chi connectivity index (χ4v) is 1.49. The summed E-state index contributed by atoms with van der Waals surface area (Å²) in [4.78, 5) is 4.24. The first-order chi connectivity index (χ1) is 8.15. The van der Waals surface area contributed by atoms with Crippen LogP contribution in [0.25, 0.3) is 0 Å². The van der Waals surface area contributed by atoms with Crippen molar-refractivity contribution in [2.75, 3.05) is 16.8 Å². The third kappa shape index (κ3) is 2.87. The molecule has 0 aliphatic carbocycles. The van der Waals surface area contributed by atoms with E-state index in [1.807, 2.05) is 31.3 Å². The van der Waals surface area contributed by atoms with Gasteiger partial charge in [0.25, 0.3) is 0 Å². The molecule has 17 heavy (non-hydrogen) atoms. The molecular weight excluding hydrogens is 212 g/mol. The third-order valence-corrected chi connectivity index (χ3v) is 2.56. The van der Waals surface area contributed by atoms with E-state index in [4.69, 9.17) is 11.5 Å². The normalized spacial score (nSPS) is 10.2. The Hall–Kier alpha value is -2.23. The van der Waals surface area contributed by atoms with Crippen molar-refractivity contribution in [2.45, 2.75) is 13.5 Å². The molecule has 0 spiro atoms. The highest BCUT2D eigenvalue weighted by Crippen LogP contribution is 2.19. The van der Waals surface area contributed by atoms with E-state index in [1.54, 1.807) is 6.07 Å². The van der Waals surface area contributed by atoms with Crippen LogP contribution < -0.4 is 16.8 Å². The summed E-state index contributed by atoms with van der Waals surface area (Å²) in [6.07, 6.45) is 1.86. The summed E-state index contributed by atoms with van der Waals surface area (Å²) in [5, 5.41) is 3.27. The summed E-state index contributed by atoms with van der Waals surface area (Å²) in [6, 6.07) is 9.58. The standard InChI is InChI=1S/C13H16N4/c1-9-2-3-10(7-16-9)8-17-11-4-5-12(14)13(15)6-11/h2-7,17H,8,14-15H2,1H3. The molecule has 2 aromatic rings. The molecule has 1 aromatic carbocycles. The summed E-state index contributed by atoms with van der Waals surface area (Å²) in [7, 11) is 0. The molecule has 0 aliphatic rings. The second-order valence-corrected chi connectivity index (χ2v) is 4.01. The van der Waals surface area contributed by atoms with E-state index >= 15 is 0 Å². The lowest BCUT2D eigenvalue weighted by Crippen LogP contribution is -2.02. The van der Waals surface area contributed by atoms with Crippen molar-refractivity contribution in [2.24, 2.45) is 0 Å². The SMILES string of the molecule is Cc1ccc(CNc2ccc(N)c(N)c2)cn1. The smallest absolute Gasteiger partial charge is 0.0568 e. The summed E-state index contributed by atoms with van der Waals surface area (Å²) in [5.41, 5.74) is 15.7. The second kappa shape index (κ2) is 4.74. The van der Waals surface area contributed by atoms with Crippen molar-refractivity contribution in [3.63, 3.8) is 0 Å². The zero-order valence-corrected chi connectivity index (χ0v) is 9.77. The predicted octanol–water partition coefficient (Wildman–Crippen LogP) is 2.17. The quantitative estimate of drug-likeness (QED) is 0.704. The van der Waals surface area contributed by atoms with Crippen molar-refractivity contribution in [1.29, 1.82) is 0 Å². The van der Waals surface area contributed by atoms with E-state index in [9.17, 15) is 0 Å². The Balaban J connectivity index is 2.02. The van der Waals surface area contributed by atoms with E-state index < -0.39 is 0 Å². The van der Waals surface area contributed by atoms with E-state index in [1.165, 1.54) is 0 Å². The number of nitrogens with two attached hydrogens (primary N) is 2. The fourth-order valence-electron chi connectivity index (χ4n) is 1.49. The first kappa shape index (κ1) is 11.3. The van der Waals surface area contributed by atoms with Gasteiger partial charge in [0.05, 0.1) is 11.4 Å². The Bertz CT molecular complexity index is 505. The highest BCUT2D eigenvalue weighted by Gasteiger charge is 1.98. The van der Waals surface area contributed by atoms with Gasteiger partial charge in [-0.25, -0.2) is 0 Å². The molecule has 4 nitrogen and oxygen atoms in total. The summed E-state index contributed by atoms with van der Waals surface area (Å²) in [5.74, 6) is 0. The molecule has 1 heterocycles. The molecule has 0 saturated heterocycles. The lowest BCUT2D eigenvalue weighted by molar-refractivity contribution is 1.09. The van der Waals surface area contributed by atoms with Gasteiger partial charge in [-0.3, -0.25) is 4.98 Å². The highest BCUT2D eigenvalue weighted by atomic mass is 14.9. The fraction of sp³-hybridized carbons (Fsp3) is 0.154. The monoisotopic (exact) mass is 228 g/mol. The Labute approximate surface area is 101 Å². The van der Waals surface area contributed by atoms with Crippen molar-refractivity contribution in [1.82, 2.24) is 4.98 Å². The Morgan fingerprint density at radius 2 is 1.94 bits per heavy atom. The number of nitrogens with zero attached hydrogens (tertiary/aromatic N) is 1. The summed E-state index contributed by atoms with van der Waals surface area (Å²) < 4.78 is 0. The van der Waals surface area contributed by atoms with Crippen LogP contribution in [0, 0.1) is 6.92 Å². The van der Waals surface area contributed by atoms with Gasteiger partial charge >= 0.3 is 0 Å². The van der Waals surface area contributed by atoms with E-state index in [0.29, 0.717) is 11.4 Å². The van der Waals surface area contributed by atoms with Gasteiger partial charge in [0.1, 0.15) is 0 Å². The predicted molar refractivity (Wildman–Crippen MR) is 71.6 cm³/mol. The maximum atomic E-state index is 5.73. The van der Waals surface area contributed by atoms with Crippen molar-refractivity contribution in [3.05, 3.63) is 47.8 Å².